The van der Waals surface area contributed by atoms with Crippen LogP contribution in [0.25, 0.3) is 0 Å². The van der Waals surface area contributed by atoms with E-state index < -0.39 is 11.2 Å². The minimum atomic E-state index is -0.582. The third kappa shape index (κ3) is 5.08. The number of anilines is 1. The number of benzene rings is 1. The molecule has 3 aromatic rings. The van der Waals surface area contributed by atoms with E-state index in [9.17, 15) is 14.4 Å². The molecule has 1 aromatic carbocycles. The van der Waals surface area contributed by atoms with Gasteiger partial charge >= 0.3 is 5.69 Å². The van der Waals surface area contributed by atoms with Crippen molar-refractivity contribution in [2.24, 2.45) is 0 Å². The minimum absolute atomic E-state index is 0.0142. The average Bonchev–Trinajstić information content (AvgIpc) is 3.16. The maximum atomic E-state index is 12.3. The van der Waals surface area contributed by atoms with Crippen LogP contribution in [0.15, 0.2) is 37.4 Å². The summed E-state index contributed by atoms with van der Waals surface area (Å²) in [6.07, 6.45) is 0.0543. The number of aryl methyl sites for hydroxylation is 1. The molecule has 0 radical (unpaired) electrons. The highest BCUT2D eigenvalue weighted by atomic mass is 32.2. The number of hydrogen-bond acceptors (Lipinski definition) is 9. The van der Waals surface area contributed by atoms with Crippen LogP contribution in [0.5, 0.6) is 11.5 Å². The lowest BCUT2D eigenvalue weighted by Gasteiger charge is -2.11. The maximum Gasteiger partial charge on any atom is 0.325 e. The van der Waals surface area contributed by atoms with Crippen molar-refractivity contribution in [3.05, 3.63) is 56.2 Å². The van der Waals surface area contributed by atoms with E-state index in [0.717, 1.165) is 11.8 Å². The van der Waals surface area contributed by atoms with Crippen molar-refractivity contribution in [3.63, 3.8) is 0 Å². The van der Waals surface area contributed by atoms with Crippen molar-refractivity contribution in [1.29, 1.82) is 0 Å². The number of aromatic nitrogens is 4. The number of carbonyl (C=O) groups is 1. The summed E-state index contributed by atoms with van der Waals surface area (Å²) in [5.74, 6) is 0.969. The summed E-state index contributed by atoms with van der Waals surface area (Å²) in [6.45, 7) is 1.61. The number of hydrogen-bond donors (Lipinski definition) is 3. The Morgan fingerprint density at radius 3 is 2.70 bits per heavy atom. The standard InChI is InChI=1S/C18H19N5O6S/c1-9-11(16(25)21-17(26)19-9)7-15-22-23-18(29-15)30-8-14(24)20-12-6-10(27-2)4-5-13(12)28-3/h4-6H,7-8H2,1-3H3,(H,20,24)(H2,19,21,25,26). The van der Waals surface area contributed by atoms with Gasteiger partial charge in [-0.1, -0.05) is 11.8 Å². The topological polar surface area (TPSA) is 152 Å². The second kappa shape index (κ2) is 9.31. The third-order valence-electron chi connectivity index (χ3n) is 4.04. The fraction of sp³-hybridized carbons (Fsp3) is 0.278. The molecule has 30 heavy (non-hydrogen) atoms. The Morgan fingerprint density at radius 1 is 1.20 bits per heavy atom. The Bertz CT molecular complexity index is 1170. The van der Waals surface area contributed by atoms with Gasteiger partial charge in [-0.2, -0.15) is 0 Å². The summed E-state index contributed by atoms with van der Waals surface area (Å²) in [6, 6.07) is 5.06. The van der Waals surface area contributed by atoms with E-state index in [1.165, 1.54) is 14.2 Å². The normalized spacial score (nSPS) is 10.6. The number of rotatable bonds is 8. The molecule has 3 N–H and O–H groups in total. The Kier molecular flexibility index (Phi) is 6.57. The molecule has 1 amide bonds. The van der Waals surface area contributed by atoms with Gasteiger partial charge in [0.2, 0.25) is 11.8 Å². The first-order chi connectivity index (χ1) is 14.4. The Morgan fingerprint density at radius 2 is 2.00 bits per heavy atom. The van der Waals surface area contributed by atoms with Gasteiger partial charge < -0.3 is 24.2 Å². The molecule has 0 aliphatic heterocycles. The SMILES string of the molecule is COc1ccc(OC)c(NC(=O)CSc2nnc(Cc3c(C)[nH]c(=O)[nH]c3=O)o2)c1. The molecule has 0 saturated heterocycles. The molecule has 158 valence electrons. The molecule has 3 rings (SSSR count). The van der Waals surface area contributed by atoms with E-state index in [1.54, 1.807) is 25.1 Å². The van der Waals surface area contributed by atoms with Crippen molar-refractivity contribution < 1.29 is 18.7 Å². The zero-order valence-corrected chi connectivity index (χ0v) is 17.2. The largest absolute Gasteiger partial charge is 0.497 e. The molecular weight excluding hydrogens is 414 g/mol. The molecule has 0 spiro atoms. The summed E-state index contributed by atoms with van der Waals surface area (Å²) in [4.78, 5) is 40.1. The highest BCUT2D eigenvalue weighted by Crippen LogP contribution is 2.29. The quantitative estimate of drug-likeness (QED) is 0.443. The van der Waals surface area contributed by atoms with E-state index in [1.807, 2.05) is 0 Å². The molecule has 0 fully saturated rings. The first-order valence-corrected chi connectivity index (χ1v) is 9.67. The van der Waals surface area contributed by atoms with E-state index in [4.69, 9.17) is 13.9 Å². The summed E-state index contributed by atoms with van der Waals surface area (Å²) >= 11 is 1.05. The Labute approximate surface area is 174 Å². The molecule has 0 bridgehead atoms. The summed E-state index contributed by atoms with van der Waals surface area (Å²) in [5, 5.41) is 10.7. The first-order valence-electron chi connectivity index (χ1n) is 8.68. The lowest BCUT2D eigenvalue weighted by molar-refractivity contribution is -0.113. The van der Waals surface area contributed by atoms with E-state index >= 15 is 0 Å². The number of carbonyl (C=O) groups excluding carboxylic acids is 1. The van der Waals surface area contributed by atoms with Gasteiger partial charge in [-0.05, 0) is 19.1 Å². The highest BCUT2D eigenvalue weighted by Gasteiger charge is 2.15. The van der Waals surface area contributed by atoms with Crippen LogP contribution in [-0.2, 0) is 11.2 Å². The zero-order valence-electron chi connectivity index (χ0n) is 16.4. The predicted molar refractivity (Wildman–Crippen MR) is 108 cm³/mol. The summed E-state index contributed by atoms with van der Waals surface area (Å²) in [5.41, 5.74) is 0.110. The molecule has 0 aliphatic rings. The number of aromatic amines is 2. The Balaban J connectivity index is 1.61. The van der Waals surface area contributed by atoms with Crippen LogP contribution in [0.2, 0.25) is 0 Å². The second-order valence-electron chi connectivity index (χ2n) is 6.05. The van der Waals surface area contributed by atoms with E-state index in [-0.39, 0.29) is 29.2 Å². The molecule has 12 heteroatoms. The van der Waals surface area contributed by atoms with Gasteiger partial charge in [0.25, 0.3) is 10.8 Å². The molecule has 11 nitrogen and oxygen atoms in total. The number of nitrogens with zero attached hydrogens (tertiary/aromatic N) is 2. The average molecular weight is 433 g/mol. The number of methoxy groups -OCH3 is 2. The van der Waals surface area contributed by atoms with Crippen LogP contribution in [0.4, 0.5) is 5.69 Å². The smallest absolute Gasteiger partial charge is 0.325 e. The van der Waals surface area contributed by atoms with Crippen molar-refractivity contribution in [3.8, 4) is 11.5 Å². The third-order valence-corrected chi connectivity index (χ3v) is 4.86. The van der Waals surface area contributed by atoms with Crippen LogP contribution in [0, 0.1) is 6.92 Å². The first kappa shape index (κ1) is 21.2. The van der Waals surface area contributed by atoms with Crippen LogP contribution < -0.4 is 26.0 Å². The molecule has 2 heterocycles. The minimum Gasteiger partial charge on any atom is -0.497 e. The van der Waals surface area contributed by atoms with Crippen molar-refractivity contribution in [2.75, 3.05) is 25.3 Å². The van der Waals surface area contributed by atoms with E-state index in [0.29, 0.717) is 28.4 Å². The molecule has 0 aliphatic carbocycles. The second-order valence-corrected chi connectivity index (χ2v) is 6.98. The highest BCUT2D eigenvalue weighted by molar-refractivity contribution is 7.99. The zero-order chi connectivity index (χ0) is 21.7. The fourth-order valence-electron chi connectivity index (χ4n) is 2.58. The van der Waals surface area contributed by atoms with Crippen LogP contribution in [0.3, 0.4) is 0 Å². The van der Waals surface area contributed by atoms with Crippen molar-refractivity contribution >= 4 is 23.4 Å². The number of H-pyrrole nitrogens is 2. The molecular formula is C18H19N5O6S. The number of nitrogens with one attached hydrogen (secondary N) is 3. The fourth-order valence-corrected chi connectivity index (χ4v) is 3.16. The van der Waals surface area contributed by atoms with Gasteiger partial charge in [0, 0.05) is 17.3 Å². The van der Waals surface area contributed by atoms with Crippen LogP contribution >= 0.6 is 11.8 Å². The predicted octanol–water partition coefficient (Wildman–Crippen LogP) is 1.09. The molecule has 2 aromatic heterocycles. The van der Waals surface area contributed by atoms with Gasteiger partial charge in [-0.25, -0.2) is 4.79 Å². The summed E-state index contributed by atoms with van der Waals surface area (Å²) < 4.78 is 15.9. The Hall–Kier alpha value is -3.54. The molecule has 0 atom stereocenters. The van der Waals surface area contributed by atoms with E-state index in [2.05, 4.69) is 25.5 Å². The lowest BCUT2D eigenvalue weighted by Crippen LogP contribution is -2.27. The molecule has 0 unspecified atom stereocenters. The van der Waals surface area contributed by atoms with Crippen LogP contribution in [0.1, 0.15) is 17.1 Å². The summed E-state index contributed by atoms with van der Waals surface area (Å²) in [7, 11) is 3.03. The maximum absolute atomic E-state index is 12.3. The van der Waals surface area contributed by atoms with Crippen molar-refractivity contribution in [2.45, 2.75) is 18.6 Å². The monoisotopic (exact) mass is 433 g/mol. The van der Waals surface area contributed by atoms with Gasteiger partial charge in [0.1, 0.15) is 11.5 Å². The van der Waals surface area contributed by atoms with Gasteiger partial charge in [0.15, 0.2) is 0 Å². The van der Waals surface area contributed by atoms with Crippen LogP contribution in [-0.4, -0.2) is 46.0 Å². The lowest BCUT2D eigenvalue weighted by atomic mass is 10.2. The van der Waals surface area contributed by atoms with Gasteiger partial charge in [0.05, 0.1) is 32.1 Å². The van der Waals surface area contributed by atoms with Gasteiger partial charge in [-0.3, -0.25) is 14.6 Å². The number of ether oxygens (including phenoxy) is 2. The number of thioether (sulfide) groups is 1. The number of amides is 1. The van der Waals surface area contributed by atoms with Gasteiger partial charge in [-0.15, -0.1) is 10.2 Å². The van der Waals surface area contributed by atoms with Crippen molar-refractivity contribution in [1.82, 2.24) is 20.2 Å². The molecule has 0 saturated carbocycles.